The highest BCUT2D eigenvalue weighted by molar-refractivity contribution is 6.35. The molecule has 0 aliphatic carbocycles. The first kappa shape index (κ1) is 13.2. The van der Waals surface area contributed by atoms with E-state index in [0.717, 1.165) is 16.6 Å². The van der Waals surface area contributed by atoms with Crippen molar-refractivity contribution in [3.05, 3.63) is 64.0 Å². The Morgan fingerprint density at radius 3 is 2.96 bits per heavy atom. The zero-order valence-electron chi connectivity index (χ0n) is 11.7. The minimum absolute atomic E-state index is 0.0493. The Balaban J connectivity index is 1.88. The molecule has 0 fully saturated rings. The average Bonchev–Trinajstić information content (AvgIpc) is 3.09. The van der Waals surface area contributed by atoms with Gasteiger partial charge in [-0.1, -0.05) is 0 Å². The molecule has 1 amide bonds. The predicted molar refractivity (Wildman–Crippen MR) is 85.7 cm³/mol. The number of aromatic nitrogens is 2. The van der Waals surface area contributed by atoms with Crippen molar-refractivity contribution in [2.45, 2.75) is 0 Å². The molecule has 0 spiro atoms. The van der Waals surface area contributed by atoms with Gasteiger partial charge >= 0.3 is 0 Å². The smallest absolute Gasteiger partial charge is 0.270 e. The van der Waals surface area contributed by atoms with Crippen LogP contribution in [0.3, 0.4) is 0 Å². The number of nitrogens with zero attached hydrogens (tertiary/aromatic N) is 2. The van der Waals surface area contributed by atoms with Crippen LogP contribution >= 0.6 is 0 Å². The van der Waals surface area contributed by atoms with E-state index in [1.165, 1.54) is 12.1 Å². The second kappa shape index (κ2) is 4.77. The van der Waals surface area contributed by atoms with E-state index < -0.39 is 4.92 Å². The Hall–Kier alpha value is -3.48. The van der Waals surface area contributed by atoms with Crippen molar-refractivity contribution < 1.29 is 9.72 Å². The highest BCUT2D eigenvalue weighted by atomic mass is 16.6. The van der Waals surface area contributed by atoms with Gasteiger partial charge in [0.2, 0.25) is 0 Å². The Morgan fingerprint density at radius 1 is 1.26 bits per heavy atom. The molecule has 0 radical (unpaired) electrons. The van der Waals surface area contributed by atoms with E-state index in [1.54, 1.807) is 24.5 Å². The van der Waals surface area contributed by atoms with Crippen LogP contribution in [0.2, 0.25) is 0 Å². The van der Waals surface area contributed by atoms with Gasteiger partial charge in [0.1, 0.15) is 5.65 Å². The van der Waals surface area contributed by atoms with E-state index >= 15 is 0 Å². The number of aromatic amines is 1. The molecule has 112 valence electrons. The molecule has 0 bridgehead atoms. The van der Waals surface area contributed by atoms with Gasteiger partial charge in [-0.15, -0.1) is 0 Å². The van der Waals surface area contributed by atoms with Gasteiger partial charge in [-0.3, -0.25) is 14.9 Å². The van der Waals surface area contributed by atoms with Crippen molar-refractivity contribution in [2.24, 2.45) is 0 Å². The second-order valence-electron chi connectivity index (χ2n) is 5.14. The largest absolute Gasteiger partial charge is 0.346 e. The first-order valence-electron chi connectivity index (χ1n) is 6.87. The lowest BCUT2D eigenvalue weighted by Crippen LogP contribution is -2.03. The van der Waals surface area contributed by atoms with Crippen LogP contribution in [0.5, 0.6) is 0 Å². The van der Waals surface area contributed by atoms with Crippen molar-refractivity contribution >= 4 is 40.0 Å². The Bertz CT molecular complexity index is 1000. The normalized spacial score (nSPS) is 15.0. The average molecular weight is 306 g/mol. The van der Waals surface area contributed by atoms with E-state index in [1.807, 2.05) is 12.1 Å². The van der Waals surface area contributed by atoms with Gasteiger partial charge in [0, 0.05) is 52.3 Å². The molecule has 2 aromatic heterocycles. The summed E-state index contributed by atoms with van der Waals surface area (Å²) in [5, 5.41) is 14.5. The summed E-state index contributed by atoms with van der Waals surface area (Å²) >= 11 is 0. The molecule has 23 heavy (non-hydrogen) atoms. The molecule has 0 saturated carbocycles. The van der Waals surface area contributed by atoms with Crippen LogP contribution in [0.4, 0.5) is 11.4 Å². The van der Waals surface area contributed by atoms with E-state index in [-0.39, 0.29) is 11.6 Å². The molecule has 0 unspecified atom stereocenters. The van der Waals surface area contributed by atoms with Crippen LogP contribution in [0, 0.1) is 10.1 Å². The number of amides is 1. The zero-order chi connectivity index (χ0) is 16.0. The van der Waals surface area contributed by atoms with Crippen LogP contribution in [0.1, 0.15) is 11.1 Å². The predicted octanol–water partition coefficient (Wildman–Crippen LogP) is 2.96. The van der Waals surface area contributed by atoms with Crippen molar-refractivity contribution in [3.8, 4) is 0 Å². The number of rotatable bonds is 2. The van der Waals surface area contributed by atoms with Crippen LogP contribution in [-0.2, 0) is 4.79 Å². The summed E-state index contributed by atoms with van der Waals surface area (Å²) in [4.78, 5) is 29.9. The fourth-order valence-corrected chi connectivity index (χ4v) is 2.68. The number of carbonyl (C=O) groups excluding carboxylic acids is 1. The maximum Gasteiger partial charge on any atom is 0.270 e. The number of non-ortho nitro benzene ring substituents is 1. The topological polar surface area (TPSA) is 101 Å². The van der Waals surface area contributed by atoms with Crippen molar-refractivity contribution in [1.82, 2.24) is 9.97 Å². The summed E-state index contributed by atoms with van der Waals surface area (Å²) < 4.78 is 0. The van der Waals surface area contributed by atoms with Crippen molar-refractivity contribution in [1.29, 1.82) is 0 Å². The molecule has 2 N–H and O–H groups in total. The number of carbonyl (C=O) groups is 1. The van der Waals surface area contributed by atoms with Crippen LogP contribution in [0.25, 0.3) is 22.7 Å². The van der Waals surface area contributed by atoms with Crippen molar-refractivity contribution in [3.63, 3.8) is 0 Å². The number of H-pyrrole nitrogens is 1. The number of nitro groups is 1. The van der Waals surface area contributed by atoms with Gasteiger partial charge < -0.3 is 10.3 Å². The highest BCUT2D eigenvalue weighted by Crippen LogP contribution is 2.36. The molecule has 0 saturated heterocycles. The van der Waals surface area contributed by atoms with E-state index in [4.69, 9.17) is 0 Å². The number of fused-ring (bicyclic) bond motifs is 2. The second-order valence-corrected chi connectivity index (χ2v) is 5.14. The number of hydrogen-bond acceptors (Lipinski definition) is 4. The lowest BCUT2D eigenvalue weighted by molar-refractivity contribution is -0.384. The zero-order valence-corrected chi connectivity index (χ0v) is 11.7. The third kappa shape index (κ3) is 2.06. The van der Waals surface area contributed by atoms with Crippen LogP contribution in [-0.4, -0.2) is 20.8 Å². The lowest BCUT2D eigenvalue weighted by atomic mass is 10.0. The first-order chi connectivity index (χ1) is 11.1. The summed E-state index contributed by atoms with van der Waals surface area (Å²) in [7, 11) is 0. The van der Waals surface area contributed by atoms with Gasteiger partial charge in [0.25, 0.3) is 11.6 Å². The summed E-state index contributed by atoms with van der Waals surface area (Å²) in [5.74, 6) is -0.279. The quantitative estimate of drug-likeness (QED) is 0.432. The maximum atomic E-state index is 12.2. The third-order valence-corrected chi connectivity index (χ3v) is 3.78. The maximum absolute atomic E-state index is 12.2. The SMILES string of the molecule is O=C1Nc2ccc([N+](=O)[O-])cc2C1=Cc1c[nH]c2ncccc12. The summed E-state index contributed by atoms with van der Waals surface area (Å²) in [5.41, 5.74) is 2.97. The van der Waals surface area contributed by atoms with Crippen LogP contribution < -0.4 is 5.32 Å². The minimum atomic E-state index is -0.476. The van der Waals surface area contributed by atoms with E-state index in [2.05, 4.69) is 15.3 Å². The molecule has 1 aliphatic rings. The first-order valence-corrected chi connectivity index (χ1v) is 6.87. The van der Waals surface area contributed by atoms with E-state index in [9.17, 15) is 14.9 Å². The molecule has 0 atom stereocenters. The number of anilines is 1. The fraction of sp³-hybridized carbons (Fsp3) is 0. The number of benzene rings is 1. The molecule has 3 aromatic rings. The summed E-state index contributed by atoms with van der Waals surface area (Å²) in [6.45, 7) is 0. The summed E-state index contributed by atoms with van der Waals surface area (Å²) in [6.07, 6.45) is 5.15. The molecule has 1 aliphatic heterocycles. The standard InChI is InChI=1S/C16H10N4O3/c21-16-13(6-9-8-18-15-11(9)2-1-5-17-15)12-7-10(20(22)23)3-4-14(12)19-16/h1-8H,(H,17,18)(H,19,21). The highest BCUT2D eigenvalue weighted by Gasteiger charge is 2.26. The minimum Gasteiger partial charge on any atom is -0.346 e. The van der Waals surface area contributed by atoms with Gasteiger partial charge in [-0.05, 0) is 24.3 Å². The number of nitro benzene ring substituents is 1. The fourth-order valence-electron chi connectivity index (χ4n) is 2.68. The Kier molecular flexibility index (Phi) is 2.74. The number of hydrogen-bond donors (Lipinski definition) is 2. The third-order valence-electron chi connectivity index (χ3n) is 3.78. The molecule has 1 aromatic carbocycles. The molecule has 7 heteroatoms. The number of pyridine rings is 1. The molecule has 4 rings (SSSR count). The molecule has 3 heterocycles. The van der Waals surface area contributed by atoms with Gasteiger partial charge in [-0.25, -0.2) is 4.98 Å². The van der Waals surface area contributed by atoms with Gasteiger partial charge in [0.05, 0.1) is 4.92 Å². The summed E-state index contributed by atoms with van der Waals surface area (Å²) in [6, 6.07) is 8.03. The van der Waals surface area contributed by atoms with Gasteiger partial charge in [-0.2, -0.15) is 0 Å². The number of nitrogens with one attached hydrogen (secondary N) is 2. The lowest BCUT2D eigenvalue weighted by Gasteiger charge is -1.98. The monoisotopic (exact) mass is 306 g/mol. The molecular formula is C16H10N4O3. The Labute approximate surface area is 129 Å². The molecular weight excluding hydrogens is 296 g/mol. The Morgan fingerprint density at radius 2 is 2.13 bits per heavy atom. The van der Waals surface area contributed by atoms with E-state index in [0.29, 0.717) is 16.8 Å². The molecule has 7 nitrogen and oxygen atoms in total. The van der Waals surface area contributed by atoms with Crippen LogP contribution in [0.15, 0.2) is 42.7 Å². The van der Waals surface area contributed by atoms with Gasteiger partial charge in [0.15, 0.2) is 0 Å². The van der Waals surface area contributed by atoms with Crippen molar-refractivity contribution in [2.75, 3.05) is 5.32 Å².